The largest absolute Gasteiger partial charge is 0.462 e. The minimum absolute atomic E-state index is 0.221. The highest BCUT2D eigenvalue weighted by molar-refractivity contribution is 7.86. The molecule has 1 rings (SSSR count). The van der Waals surface area contributed by atoms with Crippen LogP contribution in [-0.4, -0.2) is 42.9 Å². The SMILES string of the molecule is CC(C)C(=O)OC1CCC(OC(=O)CS(=O)(=O)O)C1. The maximum Gasteiger partial charge on any atom is 0.323 e. The van der Waals surface area contributed by atoms with Crippen LogP contribution in [0.15, 0.2) is 0 Å². The molecule has 2 atom stereocenters. The van der Waals surface area contributed by atoms with Crippen molar-refractivity contribution in [3.63, 3.8) is 0 Å². The Balaban J connectivity index is 2.36. The van der Waals surface area contributed by atoms with Crippen molar-refractivity contribution in [2.75, 3.05) is 5.75 Å². The number of esters is 2. The van der Waals surface area contributed by atoms with Gasteiger partial charge in [-0.15, -0.1) is 0 Å². The zero-order valence-electron chi connectivity index (χ0n) is 10.9. The minimum atomic E-state index is -4.37. The van der Waals surface area contributed by atoms with Crippen molar-refractivity contribution in [1.29, 1.82) is 0 Å². The van der Waals surface area contributed by atoms with Crippen molar-refractivity contribution in [2.24, 2.45) is 5.92 Å². The van der Waals surface area contributed by atoms with E-state index in [9.17, 15) is 18.0 Å². The van der Waals surface area contributed by atoms with Gasteiger partial charge >= 0.3 is 11.9 Å². The molecule has 1 aliphatic rings. The first kappa shape index (κ1) is 15.9. The Morgan fingerprint density at radius 2 is 1.74 bits per heavy atom. The van der Waals surface area contributed by atoms with Crippen molar-refractivity contribution in [3.8, 4) is 0 Å². The van der Waals surface area contributed by atoms with E-state index < -0.39 is 27.9 Å². The van der Waals surface area contributed by atoms with Crippen LogP contribution in [-0.2, 0) is 29.2 Å². The summed E-state index contributed by atoms with van der Waals surface area (Å²) in [5, 5.41) is 0. The summed E-state index contributed by atoms with van der Waals surface area (Å²) in [6.45, 7) is 3.45. The topological polar surface area (TPSA) is 107 Å². The summed E-state index contributed by atoms with van der Waals surface area (Å²) in [5.41, 5.74) is 0. The Morgan fingerprint density at radius 3 is 2.21 bits per heavy atom. The standard InChI is InChI=1S/C11H18O7S/c1-7(2)11(13)18-9-4-3-8(5-9)17-10(12)6-19(14,15)16/h7-9H,3-6H2,1-2H3,(H,14,15,16). The van der Waals surface area contributed by atoms with Gasteiger partial charge in [0.15, 0.2) is 5.75 Å². The molecule has 110 valence electrons. The van der Waals surface area contributed by atoms with Gasteiger partial charge in [-0.1, -0.05) is 13.8 Å². The molecule has 0 aromatic heterocycles. The second-order valence-electron chi connectivity index (χ2n) is 4.86. The molecular weight excluding hydrogens is 276 g/mol. The van der Waals surface area contributed by atoms with E-state index in [-0.39, 0.29) is 18.0 Å². The van der Waals surface area contributed by atoms with Crippen LogP contribution in [0, 0.1) is 5.92 Å². The molecule has 0 aromatic carbocycles. The second kappa shape index (κ2) is 6.33. The molecule has 0 amide bonds. The van der Waals surface area contributed by atoms with Gasteiger partial charge in [-0.25, -0.2) is 0 Å². The summed E-state index contributed by atoms with van der Waals surface area (Å²) in [5.74, 6) is -2.58. The highest BCUT2D eigenvalue weighted by Gasteiger charge is 2.31. The lowest BCUT2D eigenvalue weighted by Gasteiger charge is -2.14. The van der Waals surface area contributed by atoms with E-state index in [1.165, 1.54) is 0 Å². The number of carbonyl (C=O) groups excluding carboxylic acids is 2. The summed E-state index contributed by atoms with van der Waals surface area (Å²) >= 11 is 0. The number of carbonyl (C=O) groups is 2. The molecule has 2 unspecified atom stereocenters. The van der Waals surface area contributed by atoms with Crippen LogP contribution in [0.1, 0.15) is 33.1 Å². The van der Waals surface area contributed by atoms with Crippen molar-refractivity contribution in [1.82, 2.24) is 0 Å². The van der Waals surface area contributed by atoms with E-state index in [1.807, 2.05) is 0 Å². The average molecular weight is 294 g/mol. The predicted octanol–water partition coefficient (Wildman–Crippen LogP) is 0.538. The molecule has 0 spiro atoms. The number of hydrogen-bond donors (Lipinski definition) is 1. The molecule has 0 aliphatic heterocycles. The summed E-state index contributed by atoms with van der Waals surface area (Å²) in [7, 11) is -4.37. The molecule has 1 saturated carbocycles. The lowest BCUT2D eigenvalue weighted by molar-refractivity contribution is -0.153. The third kappa shape index (κ3) is 6.02. The number of ether oxygens (including phenoxy) is 2. The van der Waals surface area contributed by atoms with Gasteiger partial charge in [-0.3, -0.25) is 14.1 Å². The van der Waals surface area contributed by atoms with Gasteiger partial charge in [0, 0.05) is 6.42 Å². The van der Waals surface area contributed by atoms with Crippen molar-refractivity contribution in [3.05, 3.63) is 0 Å². The van der Waals surface area contributed by atoms with Crippen LogP contribution >= 0.6 is 0 Å². The zero-order chi connectivity index (χ0) is 14.6. The van der Waals surface area contributed by atoms with Gasteiger partial charge in [0.2, 0.25) is 0 Å². The molecule has 0 radical (unpaired) electrons. The fourth-order valence-corrected chi connectivity index (χ4v) is 2.15. The van der Waals surface area contributed by atoms with Gasteiger partial charge < -0.3 is 9.47 Å². The molecule has 19 heavy (non-hydrogen) atoms. The molecule has 7 nitrogen and oxygen atoms in total. The minimum Gasteiger partial charge on any atom is -0.462 e. The summed E-state index contributed by atoms with van der Waals surface area (Å²) < 4.78 is 39.5. The van der Waals surface area contributed by atoms with Crippen LogP contribution in [0.25, 0.3) is 0 Å². The summed E-state index contributed by atoms with van der Waals surface area (Å²) in [4.78, 5) is 22.6. The fourth-order valence-electron chi connectivity index (χ4n) is 1.78. The van der Waals surface area contributed by atoms with E-state index >= 15 is 0 Å². The lowest BCUT2D eigenvalue weighted by atomic mass is 10.2. The van der Waals surface area contributed by atoms with Gasteiger partial charge in [0.25, 0.3) is 10.1 Å². The molecule has 0 bridgehead atoms. The summed E-state index contributed by atoms with van der Waals surface area (Å²) in [6, 6.07) is 0. The average Bonchev–Trinajstić information content (AvgIpc) is 2.61. The molecular formula is C11H18O7S. The Bertz CT molecular complexity index is 440. The predicted molar refractivity (Wildman–Crippen MR) is 64.9 cm³/mol. The van der Waals surface area contributed by atoms with Crippen molar-refractivity contribution in [2.45, 2.75) is 45.3 Å². The quantitative estimate of drug-likeness (QED) is 0.582. The van der Waals surface area contributed by atoms with Gasteiger partial charge in [-0.2, -0.15) is 8.42 Å². The highest BCUT2D eigenvalue weighted by atomic mass is 32.2. The van der Waals surface area contributed by atoms with E-state index in [1.54, 1.807) is 13.8 Å². The van der Waals surface area contributed by atoms with Crippen molar-refractivity contribution >= 4 is 22.1 Å². The Hall–Kier alpha value is -1.15. The first-order valence-corrected chi connectivity index (χ1v) is 7.63. The second-order valence-corrected chi connectivity index (χ2v) is 6.32. The maximum atomic E-state index is 11.4. The van der Waals surface area contributed by atoms with Crippen LogP contribution in [0.5, 0.6) is 0 Å². The summed E-state index contributed by atoms with van der Waals surface area (Å²) in [6.07, 6.45) is 0.656. The Morgan fingerprint density at radius 1 is 1.21 bits per heavy atom. The smallest absolute Gasteiger partial charge is 0.323 e. The third-order valence-electron chi connectivity index (χ3n) is 2.69. The molecule has 1 N–H and O–H groups in total. The molecule has 0 aromatic rings. The van der Waals surface area contributed by atoms with E-state index in [0.717, 1.165) is 0 Å². The maximum absolute atomic E-state index is 11.4. The molecule has 8 heteroatoms. The normalized spacial score (nSPS) is 23.4. The fraction of sp³-hybridized carbons (Fsp3) is 0.818. The molecule has 0 saturated heterocycles. The highest BCUT2D eigenvalue weighted by Crippen LogP contribution is 2.25. The first-order chi connectivity index (χ1) is 8.67. The van der Waals surface area contributed by atoms with Gasteiger partial charge in [0.1, 0.15) is 12.2 Å². The lowest BCUT2D eigenvalue weighted by Crippen LogP contribution is -2.24. The number of rotatable bonds is 5. The Kier molecular flexibility index (Phi) is 5.30. The van der Waals surface area contributed by atoms with E-state index in [0.29, 0.717) is 19.3 Å². The molecule has 1 fully saturated rings. The zero-order valence-corrected chi connectivity index (χ0v) is 11.7. The molecule has 1 aliphatic carbocycles. The van der Waals surface area contributed by atoms with Crippen LogP contribution < -0.4 is 0 Å². The third-order valence-corrected chi connectivity index (χ3v) is 3.29. The monoisotopic (exact) mass is 294 g/mol. The van der Waals surface area contributed by atoms with Crippen LogP contribution in [0.4, 0.5) is 0 Å². The van der Waals surface area contributed by atoms with Gasteiger partial charge in [-0.05, 0) is 12.8 Å². The molecule has 0 heterocycles. The van der Waals surface area contributed by atoms with E-state index in [4.69, 9.17) is 14.0 Å². The van der Waals surface area contributed by atoms with E-state index in [2.05, 4.69) is 0 Å². The first-order valence-electron chi connectivity index (χ1n) is 6.02. The number of hydrogen-bond acceptors (Lipinski definition) is 6. The Labute approximate surface area is 112 Å². The van der Waals surface area contributed by atoms with Crippen LogP contribution in [0.3, 0.4) is 0 Å². The van der Waals surface area contributed by atoms with Crippen molar-refractivity contribution < 1.29 is 32.0 Å². The van der Waals surface area contributed by atoms with Gasteiger partial charge in [0.05, 0.1) is 5.92 Å². The van der Waals surface area contributed by atoms with Crippen LogP contribution in [0.2, 0.25) is 0 Å².